The topological polar surface area (TPSA) is 58.6 Å². The number of hydrogen-bond donors (Lipinski definition) is 2. The van der Waals surface area contributed by atoms with Crippen LogP contribution in [0.4, 0.5) is 5.69 Å². The van der Waals surface area contributed by atoms with Crippen LogP contribution in [0.5, 0.6) is 5.75 Å². The van der Waals surface area contributed by atoms with Crippen LogP contribution in [-0.4, -0.2) is 24.7 Å². The molecule has 4 nitrogen and oxygen atoms in total. The Morgan fingerprint density at radius 2 is 2.29 bits per heavy atom. The third-order valence-corrected chi connectivity index (χ3v) is 3.73. The van der Waals surface area contributed by atoms with Gasteiger partial charge in [0.2, 0.25) is 0 Å². The lowest BCUT2D eigenvalue weighted by Gasteiger charge is -2.10. The average molecular weight is 322 g/mol. The summed E-state index contributed by atoms with van der Waals surface area (Å²) in [5, 5.41) is 13.7. The van der Waals surface area contributed by atoms with Crippen LogP contribution in [0.1, 0.15) is 15.2 Å². The Bertz CT molecular complexity index is 715. The number of benzene rings is 1. The standard InChI is InChI=1S/C15H12ClNO3S/c1-20-13-5-4-11(16)9-12(13)17-15(19)14-10(3-2-7-18)6-8-21-14/h4-6,8-9,18H,7H2,1H3,(H,17,19). The molecule has 0 atom stereocenters. The van der Waals surface area contributed by atoms with Gasteiger partial charge in [-0.3, -0.25) is 4.79 Å². The van der Waals surface area contributed by atoms with Gasteiger partial charge in [0.1, 0.15) is 17.2 Å². The number of amides is 1. The highest BCUT2D eigenvalue weighted by molar-refractivity contribution is 7.12. The monoisotopic (exact) mass is 321 g/mol. The van der Waals surface area contributed by atoms with Gasteiger partial charge in [-0.15, -0.1) is 11.3 Å². The molecule has 0 saturated carbocycles. The van der Waals surface area contributed by atoms with E-state index >= 15 is 0 Å². The van der Waals surface area contributed by atoms with E-state index in [1.165, 1.54) is 18.4 Å². The summed E-state index contributed by atoms with van der Waals surface area (Å²) in [5.41, 5.74) is 1.07. The predicted octanol–water partition coefficient (Wildman–Crippen LogP) is 3.01. The number of carbonyl (C=O) groups is 1. The van der Waals surface area contributed by atoms with E-state index in [4.69, 9.17) is 21.4 Å². The van der Waals surface area contributed by atoms with E-state index in [1.54, 1.807) is 29.6 Å². The SMILES string of the molecule is COc1ccc(Cl)cc1NC(=O)c1sccc1C#CCO. The van der Waals surface area contributed by atoms with Crippen molar-refractivity contribution in [1.82, 2.24) is 0 Å². The number of carbonyl (C=O) groups excluding carboxylic acids is 1. The molecular weight excluding hydrogens is 310 g/mol. The lowest BCUT2D eigenvalue weighted by Crippen LogP contribution is -2.12. The average Bonchev–Trinajstić information content (AvgIpc) is 2.94. The first-order chi connectivity index (χ1) is 10.2. The minimum absolute atomic E-state index is 0.251. The van der Waals surface area contributed by atoms with Crippen molar-refractivity contribution in [3.8, 4) is 17.6 Å². The second-order valence-corrected chi connectivity index (χ2v) is 5.27. The van der Waals surface area contributed by atoms with Crippen molar-refractivity contribution >= 4 is 34.5 Å². The minimum atomic E-state index is -0.298. The van der Waals surface area contributed by atoms with Crippen molar-refractivity contribution in [3.05, 3.63) is 45.1 Å². The van der Waals surface area contributed by atoms with Crippen LogP contribution >= 0.6 is 22.9 Å². The molecule has 0 unspecified atom stereocenters. The molecule has 0 aliphatic rings. The molecule has 0 fully saturated rings. The Morgan fingerprint density at radius 1 is 1.48 bits per heavy atom. The molecule has 0 aliphatic heterocycles. The number of aliphatic hydroxyl groups excluding tert-OH is 1. The lowest BCUT2D eigenvalue weighted by molar-refractivity contribution is 0.103. The van der Waals surface area contributed by atoms with Crippen LogP contribution in [-0.2, 0) is 0 Å². The molecule has 2 aromatic rings. The van der Waals surface area contributed by atoms with Crippen molar-refractivity contribution < 1.29 is 14.6 Å². The number of rotatable bonds is 3. The van der Waals surface area contributed by atoms with Crippen LogP contribution in [0.15, 0.2) is 29.6 Å². The van der Waals surface area contributed by atoms with Gasteiger partial charge in [-0.05, 0) is 29.6 Å². The van der Waals surface area contributed by atoms with E-state index in [1.807, 2.05) is 0 Å². The van der Waals surface area contributed by atoms with Crippen LogP contribution in [0.25, 0.3) is 0 Å². The molecule has 2 rings (SSSR count). The highest BCUT2D eigenvalue weighted by Crippen LogP contribution is 2.29. The molecule has 0 bridgehead atoms. The van der Waals surface area contributed by atoms with Gasteiger partial charge in [0, 0.05) is 10.6 Å². The molecule has 0 spiro atoms. The first kappa shape index (κ1) is 15.4. The number of aliphatic hydroxyl groups is 1. The molecule has 1 heterocycles. The summed E-state index contributed by atoms with van der Waals surface area (Å²) < 4.78 is 5.18. The highest BCUT2D eigenvalue weighted by Gasteiger charge is 2.14. The molecule has 2 N–H and O–H groups in total. The third kappa shape index (κ3) is 3.76. The summed E-state index contributed by atoms with van der Waals surface area (Å²) in [6.07, 6.45) is 0. The minimum Gasteiger partial charge on any atom is -0.495 e. The fourth-order valence-electron chi connectivity index (χ4n) is 1.68. The summed E-state index contributed by atoms with van der Waals surface area (Å²) in [5.74, 6) is 5.49. The quantitative estimate of drug-likeness (QED) is 0.854. The number of halogens is 1. The second kappa shape index (κ2) is 7.14. The van der Waals surface area contributed by atoms with Gasteiger partial charge < -0.3 is 15.2 Å². The van der Waals surface area contributed by atoms with Crippen molar-refractivity contribution in [2.75, 3.05) is 19.0 Å². The zero-order valence-electron chi connectivity index (χ0n) is 11.1. The van der Waals surface area contributed by atoms with Gasteiger partial charge in [0.25, 0.3) is 5.91 Å². The molecule has 0 aliphatic carbocycles. The van der Waals surface area contributed by atoms with E-state index in [2.05, 4.69) is 17.2 Å². The number of thiophene rings is 1. The van der Waals surface area contributed by atoms with Crippen molar-refractivity contribution in [3.63, 3.8) is 0 Å². The number of methoxy groups -OCH3 is 1. The molecule has 21 heavy (non-hydrogen) atoms. The molecule has 108 valence electrons. The van der Waals surface area contributed by atoms with Gasteiger partial charge in [-0.25, -0.2) is 0 Å². The van der Waals surface area contributed by atoms with Gasteiger partial charge in [-0.1, -0.05) is 23.4 Å². The van der Waals surface area contributed by atoms with Crippen LogP contribution in [0, 0.1) is 11.8 Å². The van der Waals surface area contributed by atoms with Crippen molar-refractivity contribution in [2.45, 2.75) is 0 Å². The van der Waals surface area contributed by atoms with Gasteiger partial charge in [-0.2, -0.15) is 0 Å². The summed E-state index contributed by atoms with van der Waals surface area (Å²) in [4.78, 5) is 12.8. The Balaban J connectivity index is 2.26. The van der Waals surface area contributed by atoms with E-state index in [-0.39, 0.29) is 12.5 Å². The molecule has 6 heteroatoms. The predicted molar refractivity (Wildman–Crippen MR) is 84.2 cm³/mol. The third-order valence-electron chi connectivity index (χ3n) is 2.58. The zero-order chi connectivity index (χ0) is 15.2. The largest absolute Gasteiger partial charge is 0.495 e. The summed E-state index contributed by atoms with van der Waals surface area (Å²) in [6.45, 7) is -0.251. The first-order valence-electron chi connectivity index (χ1n) is 5.98. The maximum Gasteiger partial charge on any atom is 0.267 e. The van der Waals surface area contributed by atoms with E-state index in [9.17, 15) is 4.79 Å². The smallest absolute Gasteiger partial charge is 0.267 e. The maximum atomic E-state index is 12.3. The summed E-state index contributed by atoms with van der Waals surface area (Å²) >= 11 is 7.20. The van der Waals surface area contributed by atoms with E-state index in [0.29, 0.717) is 26.9 Å². The first-order valence-corrected chi connectivity index (χ1v) is 7.23. The maximum absolute atomic E-state index is 12.3. The number of hydrogen-bond acceptors (Lipinski definition) is 4. The Morgan fingerprint density at radius 3 is 3.00 bits per heavy atom. The number of nitrogens with one attached hydrogen (secondary N) is 1. The van der Waals surface area contributed by atoms with Crippen LogP contribution in [0.2, 0.25) is 5.02 Å². The van der Waals surface area contributed by atoms with Gasteiger partial charge in [0.15, 0.2) is 0 Å². The summed E-state index contributed by atoms with van der Waals surface area (Å²) in [6, 6.07) is 6.71. The van der Waals surface area contributed by atoms with Crippen LogP contribution < -0.4 is 10.1 Å². The van der Waals surface area contributed by atoms with Gasteiger partial charge >= 0.3 is 0 Å². The number of ether oxygens (including phenoxy) is 1. The zero-order valence-corrected chi connectivity index (χ0v) is 12.7. The van der Waals surface area contributed by atoms with Crippen LogP contribution in [0.3, 0.4) is 0 Å². The molecular formula is C15H12ClNO3S. The van der Waals surface area contributed by atoms with Crippen molar-refractivity contribution in [2.24, 2.45) is 0 Å². The van der Waals surface area contributed by atoms with Gasteiger partial charge in [0.05, 0.1) is 12.8 Å². The second-order valence-electron chi connectivity index (χ2n) is 3.92. The molecule has 1 aromatic heterocycles. The van der Waals surface area contributed by atoms with E-state index < -0.39 is 0 Å². The summed E-state index contributed by atoms with van der Waals surface area (Å²) in [7, 11) is 1.52. The fraction of sp³-hybridized carbons (Fsp3) is 0.133. The number of anilines is 1. The Labute approximate surface area is 131 Å². The fourth-order valence-corrected chi connectivity index (χ4v) is 2.59. The molecule has 0 radical (unpaired) electrons. The lowest BCUT2D eigenvalue weighted by atomic mass is 10.2. The van der Waals surface area contributed by atoms with E-state index in [0.717, 1.165) is 0 Å². The molecule has 1 aromatic carbocycles. The van der Waals surface area contributed by atoms with Crippen molar-refractivity contribution in [1.29, 1.82) is 0 Å². The highest BCUT2D eigenvalue weighted by atomic mass is 35.5. The molecule has 0 saturated heterocycles. The normalized spacial score (nSPS) is 9.67. The molecule has 1 amide bonds. The Hall–Kier alpha value is -2.00. The Kier molecular flexibility index (Phi) is 5.23.